The number of primary amides is 1. The number of hydroxylamine groups is 2. The number of hydrogen-bond acceptors (Lipinski definition) is 5. The molecule has 0 unspecified atom stereocenters. The Labute approximate surface area is 161 Å². The SMILES string of the molecule is CO[C@@H](C(=O)ON(C(N)=O)[C@H](C)c1cc2ccccc2s1)c1ccccc1. The van der Waals surface area contributed by atoms with Crippen LogP contribution in [0.3, 0.4) is 0 Å². The molecule has 2 atom stereocenters. The van der Waals surface area contributed by atoms with Crippen LogP contribution in [0.4, 0.5) is 4.79 Å². The fraction of sp³-hybridized carbons (Fsp3) is 0.200. The number of rotatable bonds is 5. The Balaban J connectivity index is 1.82. The molecule has 0 fully saturated rings. The van der Waals surface area contributed by atoms with Crippen LogP contribution in [0.25, 0.3) is 10.1 Å². The number of nitrogens with zero attached hydrogens (tertiary/aromatic N) is 1. The van der Waals surface area contributed by atoms with Crippen molar-refractivity contribution in [2.75, 3.05) is 7.11 Å². The zero-order valence-electron chi connectivity index (χ0n) is 15.0. The summed E-state index contributed by atoms with van der Waals surface area (Å²) in [6.07, 6.45) is -0.956. The topological polar surface area (TPSA) is 81.9 Å². The van der Waals surface area contributed by atoms with Crippen LogP contribution >= 0.6 is 11.3 Å². The van der Waals surface area contributed by atoms with Gasteiger partial charge in [0.05, 0.1) is 0 Å². The van der Waals surface area contributed by atoms with E-state index in [-0.39, 0.29) is 0 Å². The minimum absolute atomic E-state index is 0.530. The van der Waals surface area contributed by atoms with E-state index in [9.17, 15) is 9.59 Å². The average Bonchev–Trinajstić information content (AvgIpc) is 3.11. The highest BCUT2D eigenvalue weighted by molar-refractivity contribution is 7.19. The first kappa shape index (κ1) is 18.9. The minimum atomic E-state index is -0.956. The third kappa shape index (κ3) is 4.10. The van der Waals surface area contributed by atoms with Crippen molar-refractivity contribution in [2.45, 2.75) is 19.1 Å². The van der Waals surface area contributed by atoms with E-state index in [0.717, 1.165) is 20.0 Å². The molecule has 0 radical (unpaired) electrons. The number of ether oxygens (including phenoxy) is 1. The van der Waals surface area contributed by atoms with Gasteiger partial charge in [0, 0.05) is 16.7 Å². The van der Waals surface area contributed by atoms with E-state index >= 15 is 0 Å². The molecule has 2 amide bonds. The summed E-state index contributed by atoms with van der Waals surface area (Å²) in [4.78, 5) is 30.7. The van der Waals surface area contributed by atoms with Crippen molar-refractivity contribution in [2.24, 2.45) is 5.73 Å². The van der Waals surface area contributed by atoms with Gasteiger partial charge in [0.25, 0.3) is 0 Å². The summed E-state index contributed by atoms with van der Waals surface area (Å²) in [5.41, 5.74) is 6.10. The summed E-state index contributed by atoms with van der Waals surface area (Å²) in [7, 11) is 1.41. The first-order valence-electron chi connectivity index (χ1n) is 8.38. The van der Waals surface area contributed by atoms with Crippen molar-refractivity contribution in [1.29, 1.82) is 0 Å². The van der Waals surface area contributed by atoms with Crippen LogP contribution in [0, 0.1) is 0 Å². The van der Waals surface area contributed by atoms with E-state index in [1.54, 1.807) is 31.2 Å². The molecule has 0 bridgehead atoms. The highest BCUT2D eigenvalue weighted by Gasteiger charge is 2.30. The first-order valence-corrected chi connectivity index (χ1v) is 9.19. The second kappa shape index (κ2) is 8.20. The summed E-state index contributed by atoms with van der Waals surface area (Å²) in [5, 5.41) is 1.95. The summed E-state index contributed by atoms with van der Waals surface area (Å²) in [6, 6.07) is 17.4. The van der Waals surface area contributed by atoms with Crippen LogP contribution in [-0.2, 0) is 14.4 Å². The Bertz CT molecular complexity index is 908. The monoisotopic (exact) mass is 384 g/mol. The molecule has 0 aliphatic carbocycles. The molecule has 2 N–H and O–H groups in total. The van der Waals surface area contributed by atoms with Crippen LogP contribution < -0.4 is 5.73 Å². The Morgan fingerprint density at radius 1 is 1.07 bits per heavy atom. The van der Waals surface area contributed by atoms with Crippen LogP contribution in [0.1, 0.15) is 29.5 Å². The molecule has 0 spiro atoms. The molecule has 6 nitrogen and oxygen atoms in total. The van der Waals surface area contributed by atoms with Gasteiger partial charge in [-0.25, -0.2) is 9.59 Å². The van der Waals surface area contributed by atoms with E-state index in [2.05, 4.69) is 0 Å². The molecule has 0 saturated carbocycles. The van der Waals surface area contributed by atoms with Crippen molar-refractivity contribution in [3.8, 4) is 0 Å². The molecule has 3 rings (SSSR count). The fourth-order valence-corrected chi connectivity index (χ4v) is 3.88. The third-order valence-corrected chi connectivity index (χ3v) is 5.45. The fourth-order valence-electron chi connectivity index (χ4n) is 2.78. The van der Waals surface area contributed by atoms with Crippen molar-refractivity contribution < 1.29 is 19.2 Å². The van der Waals surface area contributed by atoms with Gasteiger partial charge in [0.2, 0.25) is 0 Å². The Hall–Kier alpha value is -2.90. The van der Waals surface area contributed by atoms with E-state index in [0.29, 0.717) is 5.56 Å². The number of hydrogen-bond donors (Lipinski definition) is 1. The second-order valence-corrected chi connectivity index (χ2v) is 7.08. The van der Waals surface area contributed by atoms with Crippen LogP contribution in [-0.4, -0.2) is 24.2 Å². The summed E-state index contributed by atoms with van der Waals surface area (Å²) < 4.78 is 6.34. The minimum Gasteiger partial charge on any atom is -0.365 e. The molecule has 0 aliphatic rings. The van der Waals surface area contributed by atoms with Gasteiger partial charge in [-0.1, -0.05) is 48.5 Å². The van der Waals surface area contributed by atoms with Crippen LogP contribution in [0.15, 0.2) is 60.7 Å². The van der Waals surface area contributed by atoms with E-state index < -0.39 is 24.1 Å². The third-order valence-electron chi connectivity index (χ3n) is 4.17. The summed E-state index contributed by atoms with van der Waals surface area (Å²) in [6.45, 7) is 1.76. The lowest BCUT2D eigenvalue weighted by Gasteiger charge is -2.26. The molecule has 27 heavy (non-hydrogen) atoms. The molecular formula is C20H20N2O4S. The number of nitrogens with two attached hydrogens (primary N) is 1. The second-order valence-electron chi connectivity index (χ2n) is 5.96. The van der Waals surface area contributed by atoms with Crippen molar-refractivity contribution in [3.63, 3.8) is 0 Å². The van der Waals surface area contributed by atoms with Crippen molar-refractivity contribution in [3.05, 3.63) is 71.1 Å². The molecule has 3 aromatic rings. The lowest BCUT2D eigenvalue weighted by atomic mass is 10.1. The van der Waals surface area contributed by atoms with E-state index in [4.69, 9.17) is 15.3 Å². The molecule has 1 heterocycles. The van der Waals surface area contributed by atoms with Crippen molar-refractivity contribution in [1.82, 2.24) is 5.06 Å². The van der Waals surface area contributed by atoms with Gasteiger partial charge in [0.15, 0.2) is 6.10 Å². The normalized spacial score (nSPS) is 13.1. The summed E-state index contributed by atoms with van der Waals surface area (Å²) >= 11 is 1.52. The number of carbonyl (C=O) groups excluding carboxylic acids is 2. The molecule has 7 heteroatoms. The Morgan fingerprint density at radius 2 is 1.74 bits per heavy atom. The van der Waals surface area contributed by atoms with E-state index in [1.807, 2.05) is 36.4 Å². The van der Waals surface area contributed by atoms with Gasteiger partial charge < -0.3 is 15.3 Å². The summed E-state index contributed by atoms with van der Waals surface area (Å²) in [5.74, 6) is -0.713. The van der Waals surface area contributed by atoms with Gasteiger partial charge in [-0.15, -0.1) is 16.4 Å². The predicted molar refractivity (Wildman–Crippen MR) is 104 cm³/mol. The maximum absolute atomic E-state index is 12.6. The highest BCUT2D eigenvalue weighted by atomic mass is 32.1. The molecule has 1 aromatic heterocycles. The first-order chi connectivity index (χ1) is 13.0. The smallest absolute Gasteiger partial charge is 0.365 e. The lowest BCUT2D eigenvalue weighted by Crippen LogP contribution is -2.40. The highest BCUT2D eigenvalue weighted by Crippen LogP contribution is 2.33. The maximum atomic E-state index is 12.6. The van der Waals surface area contributed by atoms with Gasteiger partial charge >= 0.3 is 12.0 Å². The maximum Gasteiger partial charge on any atom is 0.365 e. The molecule has 0 aliphatic heterocycles. The average molecular weight is 384 g/mol. The Kier molecular flexibility index (Phi) is 5.73. The van der Waals surface area contributed by atoms with Crippen molar-refractivity contribution >= 4 is 33.4 Å². The van der Waals surface area contributed by atoms with Gasteiger partial charge in [-0.3, -0.25) is 0 Å². The standard InChI is InChI=1S/C20H20N2O4S/c1-13(17-12-15-10-6-7-11-16(15)27-17)22(20(21)24)26-19(23)18(25-2)14-8-4-3-5-9-14/h3-13,18H,1-2H3,(H2,21,24)/t13-,18-/m1/s1. The number of urea groups is 1. The number of carbonyl (C=O) groups is 2. The number of fused-ring (bicyclic) bond motifs is 1. The van der Waals surface area contributed by atoms with Gasteiger partial charge in [-0.05, 0) is 30.0 Å². The van der Waals surface area contributed by atoms with Gasteiger partial charge in [0.1, 0.15) is 6.04 Å². The zero-order chi connectivity index (χ0) is 19.4. The zero-order valence-corrected chi connectivity index (χ0v) is 15.8. The molecule has 0 saturated heterocycles. The lowest BCUT2D eigenvalue weighted by molar-refractivity contribution is -0.195. The molecule has 2 aromatic carbocycles. The molecular weight excluding hydrogens is 364 g/mol. The number of methoxy groups -OCH3 is 1. The number of amides is 2. The Morgan fingerprint density at radius 3 is 2.37 bits per heavy atom. The van der Waals surface area contributed by atoms with Crippen LogP contribution in [0.5, 0.6) is 0 Å². The number of benzene rings is 2. The van der Waals surface area contributed by atoms with E-state index in [1.165, 1.54) is 18.4 Å². The molecule has 140 valence electrons. The van der Waals surface area contributed by atoms with Gasteiger partial charge in [-0.2, -0.15) is 0 Å². The largest absolute Gasteiger partial charge is 0.365 e. The predicted octanol–water partition coefficient (Wildman–Crippen LogP) is 4.19. The van der Waals surface area contributed by atoms with Crippen LogP contribution in [0.2, 0.25) is 0 Å². The quantitative estimate of drug-likeness (QED) is 0.669. The number of thiophene rings is 1.